The van der Waals surface area contributed by atoms with Crippen molar-refractivity contribution in [3.63, 3.8) is 0 Å². The monoisotopic (exact) mass is 320 g/mol. The van der Waals surface area contributed by atoms with Crippen LogP contribution in [0.1, 0.15) is 49.9 Å². The maximum absolute atomic E-state index is 12.9. The average molecular weight is 320 g/mol. The SMILES string of the molecule is CCCCC(CC)C(=O)c1cccc(OC(F)(F)C(F)F)c1. The number of carbonyl (C=O) groups is 1. The van der Waals surface area contributed by atoms with E-state index in [4.69, 9.17) is 0 Å². The van der Waals surface area contributed by atoms with E-state index in [1.165, 1.54) is 12.1 Å². The van der Waals surface area contributed by atoms with Gasteiger partial charge in [-0.15, -0.1) is 0 Å². The van der Waals surface area contributed by atoms with Crippen molar-refractivity contribution >= 4 is 5.78 Å². The van der Waals surface area contributed by atoms with E-state index in [2.05, 4.69) is 4.74 Å². The molecule has 0 spiro atoms. The first-order valence-electron chi connectivity index (χ1n) is 7.31. The van der Waals surface area contributed by atoms with Crippen LogP contribution in [0, 0.1) is 5.92 Å². The number of rotatable bonds is 9. The van der Waals surface area contributed by atoms with E-state index in [0.717, 1.165) is 25.0 Å². The molecule has 6 heteroatoms. The Bertz CT molecular complexity index is 489. The molecular formula is C16H20F4O2. The molecule has 0 amide bonds. The van der Waals surface area contributed by atoms with Gasteiger partial charge in [-0.2, -0.15) is 17.6 Å². The molecule has 1 unspecified atom stereocenters. The van der Waals surface area contributed by atoms with Crippen LogP contribution in [0.25, 0.3) is 0 Å². The van der Waals surface area contributed by atoms with Gasteiger partial charge in [0.1, 0.15) is 5.75 Å². The van der Waals surface area contributed by atoms with E-state index < -0.39 is 18.3 Å². The van der Waals surface area contributed by atoms with E-state index in [1.54, 1.807) is 0 Å². The van der Waals surface area contributed by atoms with E-state index in [0.29, 0.717) is 12.8 Å². The van der Waals surface area contributed by atoms with Gasteiger partial charge >= 0.3 is 12.5 Å². The molecule has 0 saturated heterocycles. The normalized spacial score (nSPS) is 13.2. The second-order valence-corrected chi connectivity index (χ2v) is 5.10. The Morgan fingerprint density at radius 3 is 2.50 bits per heavy atom. The molecule has 0 bridgehead atoms. The van der Waals surface area contributed by atoms with Gasteiger partial charge in [-0.1, -0.05) is 38.8 Å². The lowest BCUT2D eigenvalue weighted by Gasteiger charge is -2.18. The maximum Gasteiger partial charge on any atom is 0.461 e. The molecule has 0 aliphatic heterocycles. The van der Waals surface area contributed by atoms with Gasteiger partial charge in [0.05, 0.1) is 0 Å². The van der Waals surface area contributed by atoms with Crippen molar-refractivity contribution in [2.75, 3.05) is 0 Å². The Morgan fingerprint density at radius 2 is 1.95 bits per heavy atom. The molecule has 0 aromatic heterocycles. The van der Waals surface area contributed by atoms with Crippen molar-refractivity contribution in [2.24, 2.45) is 5.92 Å². The summed E-state index contributed by atoms with van der Waals surface area (Å²) in [6, 6.07) is 5.04. The van der Waals surface area contributed by atoms with Crippen LogP contribution < -0.4 is 4.74 Å². The summed E-state index contributed by atoms with van der Waals surface area (Å²) in [6.45, 7) is 3.89. The highest BCUT2D eigenvalue weighted by atomic mass is 19.3. The molecule has 2 nitrogen and oxygen atoms in total. The van der Waals surface area contributed by atoms with Crippen LogP contribution in [0.2, 0.25) is 0 Å². The Kier molecular flexibility index (Phi) is 6.84. The smallest absolute Gasteiger partial charge is 0.428 e. The Hall–Kier alpha value is -1.59. The number of ketones is 1. The molecule has 0 aliphatic carbocycles. The van der Waals surface area contributed by atoms with Crippen LogP contribution in [0.4, 0.5) is 17.6 Å². The molecule has 0 aliphatic rings. The van der Waals surface area contributed by atoms with Crippen LogP contribution in [0.5, 0.6) is 5.75 Å². The lowest BCUT2D eigenvalue weighted by Crippen LogP contribution is -2.33. The number of ether oxygens (including phenoxy) is 1. The molecule has 0 saturated carbocycles. The van der Waals surface area contributed by atoms with Crippen molar-refractivity contribution in [1.29, 1.82) is 0 Å². The van der Waals surface area contributed by atoms with Crippen LogP contribution in [-0.4, -0.2) is 18.3 Å². The molecule has 22 heavy (non-hydrogen) atoms. The number of hydrogen-bond donors (Lipinski definition) is 0. The van der Waals surface area contributed by atoms with Crippen LogP contribution in [-0.2, 0) is 0 Å². The minimum Gasteiger partial charge on any atom is -0.428 e. The number of carbonyl (C=O) groups excluding carboxylic acids is 1. The fourth-order valence-corrected chi connectivity index (χ4v) is 2.12. The number of alkyl halides is 4. The lowest BCUT2D eigenvalue weighted by atomic mass is 9.90. The second-order valence-electron chi connectivity index (χ2n) is 5.10. The Balaban J connectivity index is 2.89. The molecule has 124 valence electrons. The molecule has 1 aromatic carbocycles. The topological polar surface area (TPSA) is 26.3 Å². The largest absolute Gasteiger partial charge is 0.461 e. The number of hydrogen-bond acceptors (Lipinski definition) is 2. The second kappa shape index (κ2) is 8.15. The van der Waals surface area contributed by atoms with E-state index in [-0.39, 0.29) is 17.3 Å². The van der Waals surface area contributed by atoms with Crippen LogP contribution in [0.15, 0.2) is 24.3 Å². The minimum absolute atomic E-state index is 0.179. The maximum atomic E-state index is 12.9. The molecule has 1 atom stereocenters. The van der Waals surface area contributed by atoms with E-state index >= 15 is 0 Å². The summed E-state index contributed by atoms with van der Waals surface area (Å²) in [4.78, 5) is 12.3. The summed E-state index contributed by atoms with van der Waals surface area (Å²) >= 11 is 0. The minimum atomic E-state index is -4.58. The van der Waals surface area contributed by atoms with Crippen molar-refractivity contribution in [3.8, 4) is 5.75 Å². The van der Waals surface area contributed by atoms with Crippen molar-refractivity contribution in [3.05, 3.63) is 29.8 Å². The van der Waals surface area contributed by atoms with Gasteiger partial charge < -0.3 is 4.74 Å². The zero-order valence-electron chi connectivity index (χ0n) is 12.6. The number of Topliss-reactive ketones (excluding diaryl/α,β-unsaturated/α-hetero) is 1. The molecule has 1 aromatic rings. The number of benzene rings is 1. The van der Waals surface area contributed by atoms with Gasteiger partial charge in [-0.25, -0.2) is 0 Å². The third-order valence-electron chi connectivity index (χ3n) is 3.40. The standard InChI is InChI=1S/C16H20F4O2/c1-3-5-7-11(4-2)14(21)12-8-6-9-13(10-12)22-16(19,20)15(17)18/h6,8-11,15H,3-5,7H2,1-2H3. The predicted octanol–water partition coefficient (Wildman–Crippen LogP) is 5.32. The summed E-state index contributed by atoms with van der Waals surface area (Å²) in [6.07, 6.45) is -5.31. The highest BCUT2D eigenvalue weighted by molar-refractivity contribution is 5.98. The van der Waals surface area contributed by atoms with Gasteiger partial charge in [0.15, 0.2) is 5.78 Å². The number of halogens is 4. The zero-order valence-corrected chi connectivity index (χ0v) is 12.6. The van der Waals surface area contributed by atoms with Gasteiger partial charge in [0.2, 0.25) is 0 Å². The van der Waals surface area contributed by atoms with Crippen molar-refractivity contribution in [1.82, 2.24) is 0 Å². The van der Waals surface area contributed by atoms with Gasteiger partial charge in [-0.3, -0.25) is 4.79 Å². The highest BCUT2D eigenvalue weighted by Gasteiger charge is 2.44. The molecule has 0 fully saturated rings. The number of unbranched alkanes of at least 4 members (excludes halogenated alkanes) is 1. The fourth-order valence-electron chi connectivity index (χ4n) is 2.12. The summed E-state index contributed by atoms with van der Waals surface area (Å²) in [5.74, 6) is -0.825. The molecule has 0 N–H and O–H groups in total. The molecule has 0 heterocycles. The summed E-state index contributed by atoms with van der Waals surface area (Å²) in [5, 5.41) is 0. The third kappa shape index (κ3) is 5.00. The van der Waals surface area contributed by atoms with Crippen LogP contribution >= 0.6 is 0 Å². The molecular weight excluding hydrogens is 300 g/mol. The first-order chi connectivity index (χ1) is 10.3. The van der Waals surface area contributed by atoms with E-state index in [1.807, 2.05) is 13.8 Å². The molecule has 0 radical (unpaired) electrons. The molecule has 1 rings (SSSR count). The Labute approximate surface area is 127 Å². The summed E-state index contributed by atoms with van der Waals surface area (Å²) in [7, 11) is 0. The first kappa shape index (κ1) is 18.5. The predicted molar refractivity (Wildman–Crippen MR) is 75.7 cm³/mol. The average Bonchev–Trinajstić information content (AvgIpc) is 2.47. The lowest BCUT2D eigenvalue weighted by molar-refractivity contribution is -0.253. The van der Waals surface area contributed by atoms with E-state index in [9.17, 15) is 22.4 Å². The van der Waals surface area contributed by atoms with Gasteiger partial charge in [-0.05, 0) is 25.0 Å². The highest BCUT2D eigenvalue weighted by Crippen LogP contribution is 2.29. The fraction of sp³-hybridized carbons (Fsp3) is 0.562. The van der Waals surface area contributed by atoms with Crippen molar-refractivity contribution < 1.29 is 27.1 Å². The quantitative estimate of drug-likeness (QED) is 0.454. The van der Waals surface area contributed by atoms with Gasteiger partial charge in [0, 0.05) is 11.5 Å². The Morgan fingerprint density at radius 1 is 1.27 bits per heavy atom. The summed E-state index contributed by atoms with van der Waals surface area (Å²) in [5.41, 5.74) is 0.200. The van der Waals surface area contributed by atoms with Gasteiger partial charge in [0.25, 0.3) is 0 Å². The third-order valence-corrected chi connectivity index (χ3v) is 3.40. The first-order valence-corrected chi connectivity index (χ1v) is 7.31. The summed E-state index contributed by atoms with van der Waals surface area (Å²) < 4.78 is 54.1. The van der Waals surface area contributed by atoms with Crippen LogP contribution in [0.3, 0.4) is 0 Å². The van der Waals surface area contributed by atoms with Crippen molar-refractivity contribution in [2.45, 2.75) is 52.1 Å². The zero-order chi connectivity index (χ0) is 16.8.